The second kappa shape index (κ2) is 8.25. The van der Waals surface area contributed by atoms with Crippen LogP contribution < -0.4 is 0 Å². The van der Waals surface area contributed by atoms with E-state index in [4.69, 9.17) is 4.42 Å². The van der Waals surface area contributed by atoms with E-state index in [1.165, 1.54) is 5.56 Å². The highest BCUT2D eigenvalue weighted by molar-refractivity contribution is 7.99. The Bertz CT molecular complexity index is 597. The maximum Gasteiger partial charge on any atom is 0.222 e. The molecule has 1 saturated heterocycles. The van der Waals surface area contributed by atoms with Crippen LogP contribution in [-0.4, -0.2) is 29.6 Å². The molecule has 2 aromatic rings. The van der Waals surface area contributed by atoms with E-state index in [1.54, 1.807) is 6.26 Å². The quantitative estimate of drug-likeness (QED) is 0.819. The molecule has 1 aromatic carbocycles. The van der Waals surface area contributed by atoms with Gasteiger partial charge in [0.1, 0.15) is 5.76 Å². The number of benzene rings is 1. The summed E-state index contributed by atoms with van der Waals surface area (Å²) >= 11 is 1.90. The predicted octanol–water partition coefficient (Wildman–Crippen LogP) is 4.31. The summed E-state index contributed by atoms with van der Waals surface area (Å²) in [5, 5.41) is 0.382. The number of carbonyl (C=O) groups is 1. The van der Waals surface area contributed by atoms with Crippen molar-refractivity contribution in [3.63, 3.8) is 0 Å². The Hall–Kier alpha value is -1.68. The number of furan rings is 1. The Balaban J connectivity index is 1.44. The van der Waals surface area contributed by atoms with Crippen molar-refractivity contribution < 1.29 is 9.21 Å². The summed E-state index contributed by atoms with van der Waals surface area (Å²) in [6.45, 7) is 1.69. The Morgan fingerprint density at radius 2 is 2.04 bits per heavy atom. The summed E-state index contributed by atoms with van der Waals surface area (Å²) in [5.74, 6) is 2.31. The highest BCUT2D eigenvalue weighted by Crippen LogP contribution is 2.34. The molecule has 3 nitrogen and oxygen atoms in total. The first kappa shape index (κ1) is 16.2. The molecule has 0 saturated carbocycles. The van der Waals surface area contributed by atoms with Crippen molar-refractivity contribution in [2.45, 2.75) is 30.9 Å². The first-order chi connectivity index (χ1) is 11.3. The zero-order valence-electron chi connectivity index (χ0n) is 13.3. The molecule has 1 aromatic heterocycles. The number of rotatable bonds is 5. The van der Waals surface area contributed by atoms with Gasteiger partial charge in [-0.05, 0) is 37.0 Å². The number of hydrogen-bond donors (Lipinski definition) is 0. The molecule has 1 aliphatic rings. The minimum Gasteiger partial charge on any atom is -0.468 e. The number of amides is 1. The minimum atomic E-state index is 0.293. The van der Waals surface area contributed by atoms with E-state index in [9.17, 15) is 4.79 Å². The number of aryl methyl sites for hydroxylation is 1. The fourth-order valence-electron chi connectivity index (χ4n) is 2.97. The van der Waals surface area contributed by atoms with Crippen LogP contribution in [0, 0.1) is 0 Å². The third kappa shape index (κ3) is 4.64. The molecule has 23 heavy (non-hydrogen) atoms. The zero-order valence-corrected chi connectivity index (χ0v) is 14.1. The molecule has 1 amide bonds. The first-order valence-electron chi connectivity index (χ1n) is 8.29. The lowest BCUT2D eigenvalue weighted by atomic mass is 10.1. The molecule has 1 aliphatic heterocycles. The van der Waals surface area contributed by atoms with Crippen molar-refractivity contribution in [3.05, 3.63) is 60.1 Å². The number of hydrogen-bond acceptors (Lipinski definition) is 3. The molecule has 0 aliphatic carbocycles. The highest BCUT2D eigenvalue weighted by Gasteiger charge is 2.23. The lowest BCUT2D eigenvalue weighted by Gasteiger charge is -2.20. The fourth-order valence-corrected chi connectivity index (χ4v) is 4.15. The summed E-state index contributed by atoms with van der Waals surface area (Å²) < 4.78 is 5.51. The largest absolute Gasteiger partial charge is 0.468 e. The summed E-state index contributed by atoms with van der Waals surface area (Å²) in [6, 6.07) is 14.4. The highest BCUT2D eigenvalue weighted by atomic mass is 32.2. The van der Waals surface area contributed by atoms with Gasteiger partial charge in [0.25, 0.3) is 0 Å². The van der Waals surface area contributed by atoms with Crippen molar-refractivity contribution in [3.8, 4) is 0 Å². The Kier molecular flexibility index (Phi) is 5.81. The second-order valence-corrected chi connectivity index (χ2v) is 7.19. The molecule has 1 fully saturated rings. The van der Waals surface area contributed by atoms with Crippen LogP contribution in [0.5, 0.6) is 0 Å². The maximum absolute atomic E-state index is 12.4. The molecule has 2 heterocycles. The van der Waals surface area contributed by atoms with E-state index < -0.39 is 0 Å². The van der Waals surface area contributed by atoms with Crippen LogP contribution in [-0.2, 0) is 11.2 Å². The average Bonchev–Trinajstić information content (AvgIpc) is 3.00. The molecule has 0 radical (unpaired) electrons. The van der Waals surface area contributed by atoms with E-state index in [1.807, 2.05) is 34.9 Å². The lowest BCUT2D eigenvalue weighted by molar-refractivity contribution is -0.131. The van der Waals surface area contributed by atoms with Gasteiger partial charge in [0.2, 0.25) is 5.91 Å². The standard InChI is InChI=1S/C19H23NO2S/c21-19(10-4-8-16-6-2-1-3-7-16)20-12-11-18(23-15-13-20)17-9-5-14-22-17/h1-3,5-7,9,14,18H,4,8,10-13,15H2. The summed E-state index contributed by atoms with van der Waals surface area (Å²) in [6.07, 6.45) is 5.25. The molecule has 4 heteroatoms. The number of thioether (sulfide) groups is 1. The van der Waals surface area contributed by atoms with Crippen LogP contribution in [0.1, 0.15) is 35.8 Å². The average molecular weight is 329 g/mol. The van der Waals surface area contributed by atoms with Crippen LogP contribution >= 0.6 is 11.8 Å². The van der Waals surface area contributed by atoms with Crippen LogP contribution in [0.4, 0.5) is 0 Å². The number of carbonyl (C=O) groups excluding carboxylic acids is 1. The van der Waals surface area contributed by atoms with Gasteiger partial charge in [-0.1, -0.05) is 30.3 Å². The van der Waals surface area contributed by atoms with Gasteiger partial charge >= 0.3 is 0 Å². The van der Waals surface area contributed by atoms with Crippen molar-refractivity contribution in [2.24, 2.45) is 0 Å². The third-order valence-electron chi connectivity index (χ3n) is 4.25. The topological polar surface area (TPSA) is 33.5 Å². The molecule has 122 valence electrons. The van der Waals surface area contributed by atoms with Crippen LogP contribution in [0.25, 0.3) is 0 Å². The molecule has 0 N–H and O–H groups in total. The minimum absolute atomic E-state index is 0.293. The Morgan fingerprint density at radius 1 is 1.17 bits per heavy atom. The van der Waals surface area contributed by atoms with Crippen LogP contribution in [0.3, 0.4) is 0 Å². The fraction of sp³-hybridized carbons (Fsp3) is 0.421. The maximum atomic E-state index is 12.4. The summed E-state index contributed by atoms with van der Waals surface area (Å²) in [4.78, 5) is 14.5. The van der Waals surface area contributed by atoms with Gasteiger partial charge in [0.05, 0.1) is 11.5 Å². The SMILES string of the molecule is O=C(CCCc1ccccc1)N1CCSC(c2ccco2)CC1. The van der Waals surface area contributed by atoms with Crippen molar-refractivity contribution in [1.29, 1.82) is 0 Å². The van der Waals surface area contributed by atoms with Gasteiger partial charge in [0, 0.05) is 25.3 Å². The van der Waals surface area contributed by atoms with Gasteiger partial charge in [0.15, 0.2) is 0 Å². The number of nitrogens with zero attached hydrogens (tertiary/aromatic N) is 1. The zero-order chi connectivity index (χ0) is 15.9. The molecule has 3 rings (SSSR count). The van der Waals surface area contributed by atoms with Crippen molar-refractivity contribution in [2.75, 3.05) is 18.8 Å². The second-order valence-electron chi connectivity index (χ2n) is 5.88. The molecule has 0 spiro atoms. The van der Waals surface area contributed by atoms with Crippen LogP contribution in [0.15, 0.2) is 53.1 Å². The molecule has 1 atom stereocenters. The van der Waals surface area contributed by atoms with Gasteiger partial charge in [-0.3, -0.25) is 4.79 Å². The van der Waals surface area contributed by atoms with Gasteiger partial charge < -0.3 is 9.32 Å². The van der Waals surface area contributed by atoms with Crippen molar-refractivity contribution >= 4 is 17.7 Å². The van der Waals surface area contributed by atoms with Crippen molar-refractivity contribution in [1.82, 2.24) is 4.90 Å². The first-order valence-corrected chi connectivity index (χ1v) is 9.34. The molecule has 1 unspecified atom stereocenters. The third-order valence-corrected chi connectivity index (χ3v) is 5.54. The summed E-state index contributed by atoms with van der Waals surface area (Å²) in [7, 11) is 0. The summed E-state index contributed by atoms with van der Waals surface area (Å²) in [5.41, 5.74) is 1.31. The predicted molar refractivity (Wildman–Crippen MR) is 94.5 cm³/mol. The van der Waals surface area contributed by atoms with Gasteiger partial charge in [-0.25, -0.2) is 0 Å². The molecule has 0 bridgehead atoms. The van der Waals surface area contributed by atoms with E-state index in [0.717, 1.165) is 43.9 Å². The lowest BCUT2D eigenvalue weighted by Crippen LogP contribution is -2.32. The Morgan fingerprint density at radius 3 is 2.83 bits per heavy atom. The molecular formula is C19H23NO2S. The van der Waals surface area contributed by atoms with Gasteiger partial charge in [-0.2, -0.15) is 0 Å². The molecular weight excluding hydrogens is 306 g/mol. The normalized spacial score (nSPS) is 18.6. The smallest absolute Gasteiger partial charge is 0.222 e. The van der Waals surface area contributed by atoms with Crippen LogP contribution in [0.2, 0.25) is 0 Å². The Labute approximate surface area is 142 Å². The van der Waals surface area contributed by atoms with E-state index >= 15 is 0 Å². The van der Waals surface area contributed by atoms with E-state index in [2.05, 4.69) is 24.3 Å². The van der Waals surface area contributed by atoms with E-state index in [0.29, 0.717) is 17.6 Å². The van der Waals surface area contributed by atoms with Gasteiger partial charge in [-0.15, -0.1) is 11.8 Å². The van der Waals surface area contributed by atoms with E-state index in [-0.39, 0.29) is 0 Å². The monoisotopic (exact) mass is 329 g/mol.